The van der Waals surface area contributed by atoms with Gasteiger partial charge in [0.25, 0.3) is 5.91 Å². The maximum atomic E-state index is 12.4. The molecule has 0 radical (unpaired) electrons. The number of carbonyl (C=O) groups is 2. The fourth-order valence-corrected chi connectivity index (χ4v) is 2.36. The second-order valence-electron chi connectivity index (χ2n) is 4.47. The quantitative estimate of drug-likeness (QED) is 0.878. The Morgan fingerprint density at radius 3 is 2.80 bits per heavy atom. The SMILES string of the molecule is O=C1CN(C(=O)c2ccoc2Cl)Cc2ccccc2N1. The van der Waals surface area contributed by atoms with Crippen LogP contribution < -0.4 is 5.32 Å². The van der Waals surface area contributed by atoms with E-state index in [1.807, 2.05) is 24.3 Å². The molecule has 20 heavy (non-hydrogen) atoms. The van der Waals surface area contributed by atoms with Crippen molar-refractivity contribution in [3.8, 4) is 0 Å². The third-order valence-corrected chi connectivity index (χ3v) is 3.42. The van der Waals surface area contributed by atoms with Crippen LogP contribution in [0.5, 0.6) is 0 Å². The van der Waals surface area contributed by atoms with Gasteiger partial charge in [0.1, 0.15) is 6.54 Å². The zero-order valence-electron chi connectivity index (χ0n) is 10.4. The van der Waals surface area contributed by atoms with Crippen LogP contribution in [0.1, 0.15) is 15.9 Å². The highest BCUT2D eigenvalue weighted by Crippen LogP contribution is 2.24. The van der Waals surface area contributed by atoms with Gasteiger partial charge in [-0.2, -0.15) is 0 Å². The summed E-state index contributed by atoms with van der Waals surface area (Å²) in [6.45, 7) is 0.324. The molecule has 2 aromatic rings. The first kappa shape index (κ1) is 12.7. The van der Waals surface area contributed by atoms with Gasteiger partial charge in [-0.1, -0.05) is 18.2 Å². The first-order chi connectivity index (χ1) is 9.65. The molecule has 1 N–H and O–H groups in total. The van der Waals surface area contributed by atoms with Crippen LogP contribution in [0, 0.1) is 0 Å². The topological polar surface area (TPSA) is 62.6 Å². The number of halogens is 1. The van der Waals surface area contributed by atoms with E-state index in [9.17, 15) is 9.59 Å². The van der Waals surface area contributed by atoms with E-state index in [4.69, 9.17) is 16.0 Å². The average molecular weight is 291 g/mol. The number of carbonyl (C=O) groups excluding carboxylic acids is 2. The summed E-state index contributed by atoms with van der Waals surface area (Å²) in [5.41, 5.74) is 1.87. The summed E-state index contributed by atoms with van der Waals surface area (Å²) in [6.07, 6.45) is 1.35. The zero-order chi connectivity index (χ0) is 14.1. The summed E-state index contributed by atoms with van der Waals surface area (Å²) >= 11 is 5.82. The summed E-state index contributed by atoms with van der Waals surface area (Å²) in [4.78, 5) is 25.7. The minimum atomic E-state index is -0.324. The highest BCUT2D eigenvalue weighted by Gasteiger charge is 2.26. The zero-order valence-corrected chi connectivity index (χ0v) is 11.2. The highest BCUT2D eigenvalue weighted by molar-refractivity contribution is 6.32. The van der Waals surface area contributed by atoms with Crippen LogP contribution in [0.3, 0.4) is 0 Å². The largest absolute Gasteiger partial charge is 0.452 e. The summed E-state index contributed by atoms with van der Waals surface area (Å²) in [5.74, 6) is -0.557. The molecule has 5 nitrogen and oxygen atoms in total. The van der Waals surface area contributed by atoms with Gasteiger partial charge in [0.05, 0.1) is 11.8 Å². The van der Waals surface area contributed by atoms with Crippen LogP contribution in [0.25, 0.3) is 0 Å². The molecule has 0 bridgehead atoms. The second kappa shape index (κ2) is 5.02. The number of nitrogens with zero attached hydrogens (tertiary/aromatic N) is 1. The van der Waals surface area contributed by atoms with Crippen LogP contribution in [-0.2, 0) is 11.3 Å². The van der Waals surface area contributed by atoms with Crippen LogP contribution >= 0.6 is 11.6 Å². The molecule has 0 aliphatic carbocycles. The summed E-state index contributed by atoms with van der Waals surface area (Å²) < 4.78 is 4.92. The number of rotatable bonds is 1. The van der Waals surface area contributed by atoms with Crippen molar-refractivity contribution < 1.29 is 14.0 Å². The van der Waals surface area contributed by atoms with Crippen molar-refractivity contribution in [2.45, 2.75) is 6.54 Å². The smallest absolute Gasteiger partial charge is 0.259 e. The lowest BCUT2D eigenvalue weighted by Gasteiger charge is -2.18. The van der Waals surface area contributed by atoms with Crippen LogP contribution in [-0.4, -0.2) is 23.3 Å². The predicted octanol–water partition coefficient (Wildman–Crippen LogP) is 2.53. The minimum Gasteiger partial charge on any atom is -0.452 e. The molecule has 0 saturated carbocycles. The van der Waals surface area contributed by atoms with Crippen molar-refractivity contribution in [3.05, 3.63) is 52.9 Å². The Labute approximate surface area is 120 Å². The first-order valence-electron chi connectivity index (χ1n) is 6.05. The maximum Gasteiger partial charge on any atom is 0.259 e. The number of fused-ring (bicyclic) bond motifs is 1. The number of benzene rings is 1. The lowest BCUT2D eigenvalue weighted by molar-refractivity contribution is -0.116. The standard InChI is InChI=1S/C14H11ClN2O3/c15-13-10(5-6-20-13)14(19)17-7-9-3-1-2-4-11(9)16-12(18)8-17/h1-6H,7-8H2,(H,16,18). The van der Waals surface area contributed by atoms with Crippen molar-refractivity contribution in [3.63, 3.8) is 0 Å². The summed E-state index contributed by atoms with van der Waals surface area (Å²) in [5, 5.41) is 2.81. The number of hydrogen-bond acceptors (Lipinski definition) is 3. The summed E-state index contributed by atoms with van der Waals surface area (Å²) in [7, 11) is 0. The number of para-hydroxylation sites is 1. The number of hydrogen-bond donors (Lipinski definition) is 1. The van der Waals surface area contributed by atoms with Gasteiger partial charge in [-0.25, -0.2) is 0 Å². The van der Waals surface area contributed by atoms with E-state index in [1.165, 1.54) is 17.2 Å². The monoisotopic (exact) mass is 290 g/mol. The molecule has 1 aromatic carbocycles. The Bertz CT molecular complexity index is 681. The van der Waals surface area contributed by atoms with Gasteiger partial charge in [0.15, 0.2) is 0 Å². The first-order valence-corrected chi connectivity index (χ1v) is 6.43. The fourth-order valence-electron chi connectivity index (χ4n) is 2.16. The molecule has 2 heterocycles. The van der Waals surface area contributed by atoms with Crippen molar-refractivity contribution >= 4 is 29.1 Å². The number of anilines is 1. The van der Waals surface area contributed by atoms with E-state index in [0.29, 0.717) is 6.54 Å². The van der Waals surface area contributed by atoms with Gasteiger partial charge >= 0.3 is 0 Å². The Kier molecular flexibility index (Phi) is 3.20. The molecule has 0 fully saturated rings. The van der Waals surface area contributed by atoms with Gasteiger partial charge in [-0.15, -0.1) is 0 Å². The molecule has 102 valence electrons. The molecule has 1 aliphatic rings. The number of amides is 2. The van der Waals surface area contributed by atoms with Crippen molar-refractivity contribution in [2.24, 2.45) is 0 Å². The minimum absolute atomic E-state index is 0.0188. The Morgan fingerprint density at radius 2 is 2.05 bits per heavy atom. The van der Waals surface area contributed by atoms with Gasteiger partial charge in [-0.3, -0.25) is 9.59 Å². The van der Waals surface area contributed by atoms with Gasteiger partial charge in [-0.05, 0) is 29.3 Å². The van der Waals surface area contributed by atoms with Crippen molar-refractivity contribution in [1.29, 1.82) is 0 Å². The molecule has 3 rings (SSSR count). The molecule has 6 heteroatoms. The predicted molar refractivity (Wildman–Crippen MR) is 73.5 cm³/mol. The molecule has 0 atom stereocenters. The van der Waals surface area contributed by atoms with E-state index < -0.39 is 0 Å². The molecular formula is C14H11ClN2O3. The number of furan rings is 1. The fraction of sp³-hybridized carbons (Fsp3) is 0.143. The lowest BCUT2D eigenvalue weighted by atomic mass is 10.1. The van der Waals surface area contributed by atoms with Crippen LogP contribution in [0.4, 0.5) is 5.69 Å². The molecule has 0 spiro atoms. The highest BCUT2D eigenvalue weighted by atomic mass is 35.5. The molecule has 1 aromatic heterocycles. The van der Waals surface area contributed by atoms with Crippen molar-refractivity contribution in [2.75, 3.05) is 11.9 Å². The van der Waals surface area contributed by atoms with Crippen LogP contribution in [0.15, 0.2) is 41.0 Å². The Balaban J connectivity index is 1.93. The average Bonchev–Trinajstić information content (AvgIpc) is 2.77. The van der Waals surface area contributed by atoms with Crippen LogP contribution in [0.2, 0.25) is 5.22 Å². The Morgan fingerprint density at radius 1 is 1.25 bits per heavy atom. The summed E-state index contributed by atoms with van der Waals surface area (Å²) in [6, 6.07) is 8.89. The molecule has 0 unspecified atom stereocenters. The third kappa shape index (κ3) is 2.28. The van der Waals surface area contributed by atoms with Crippen molar-refractivity contribution in [1.82, 2.24) is 4.90 Å². The normalized spacial score (nSPS) is 14.4. The van der Waals surface area contributed by atoms with E-state index >= 15 is 0 Å². The van der Waals surface area contributed by atoms with Gasteiger partial charge in [0, 0.05) is 12.2 Å². The van der Waals surface area contributed by atoms with Gasteiger partial charge < -0.3 is 14.6 Å². The molecule has 2 amide bonds. The van der Waals surface area contributed by atoms with Gasteiger partial charge in [0.2, 0.25) is 11.1 Å². The van der Waals surface area contributed by atoms with E-state index in [0.717, 1.165) is 11.3 Å². The second-order valence-corrected chi connectivity index (χ2v) is 4.82. The Hall–Kier alpha value is -2.27. The third-order valence-electron chi connectivity index (χ3n) is 3.12. The van der Waals surface area contributed by atoms with E-state index in [-0.39, 0.29) is 29.1 Å². The number of nitrogens with one attached hydrogen (secondary N) is 1. The molecule has 0 saturated heterocycles. The maximum absolute atomic E-state index is 12.4. The lowest BCUT2D eigenvalue weighted by Crippen LogP contribution is -2.35. The van der Waals surface area contributed by atoms with E-state index in [1.54, 1.807) is 0 Å². The van der Waals surface area contributed by atoms with E-state index in [2.05, 4.69) is 5.32 Å². The molecular weight excluding hydrogens is 280 g/mol. The molecule has 1 aliphatic heterocycles.